The summed E-state index contributed by atoms with van der Waals surface area (Å²) in [4.78, 5) is 16.0. The van der Waals surface area contributed by atoms with Gasteiger partial charge >= 0.3 is 0 Å². The van der Waals surface area contributed by atoms with Crippen LogP contribution in [0.2, 0.25) is 5.02 Å². The highest BCUT2D eigenvalue weighted by atomic mass is 35.5. The van der Waals surface area contributed by atoms with Crippen LogP contribution in [0.15, 0.2) is 24.7 Å². The summed E-state index contributed by atoms with van der Waals surface area (Å²) in [5.41, 5.74) is 8.85. The van der Waals surface area contributed by atoms with Gasteiger partial charge in [-0.15, -0.1) is 0 Å². The van der Waals surface area contributed by atoms with Gasteiger partial charge in [-0.05, 0) is 25.5 Å². The Bertz CT molecular complexity index is 1050. The van der Waals surface area contributed by atoms with Crippen LogP contribution in [0, 0.1) is 0 Å². The molecular weight excluding hydrogens is 326 g/mol. The number of nitrogen functional groups attached to an aromatic ring is 1. The van der Waals surface area contributed by atoms with Gasteiger partial charge in [-0.2, -0.15) is 5.10 Å². The Kier molecular flexibility index (Phi) is 3.38. The molecule has 4 rings (SSSR count). The van der Waals surface area contributed by atoms with Crippen LogP contribution in [0.3, 0.4) is 0 Å². The largest absolute Gasteiger partial charge is 0.383 e. The molecule has 4 aromatic heterocycles. The first-order valence-corrected chi connectivity index (χ1v) is 8.10. The summed E-state index contributed by atoms with van der Waals surface area (Å²) in [7, 11) is 0. The van der Waals surface area contributed by atoms with E-state index >= 15 is 0 Å². The van der Waals surface area contributed by atoms with Crippen LogP contribution >= 0.6 is 11.6 Å². The predicted molar refractivity (Wildman–Crippen MR) is 94.8 cm³/mol. The maximum atomic E-state index is 6.56. The Morgan fingerprint density at radius 3 is 2.92 bits per heavy atom. The van der Waals surface area contributed by atoms with Gasteiger partial charge < -0.3 is 10.7 Å². The monoisotopic (exact) mass is 341 g/mol. The number of fused-ring (bicyclic) bond motifs is 2. The van der Waals surface area contributed by atoms with Gasteiger partial charge in [0.1, 0.15) is 23.5 Å². The van der Waals surface area contributed by atoms with E-state index in [1.54, 1.807) is 6.20 Å². The van der Waals surface area contributed by atoms with Crippen molar-refractivity contribution in [1.82, 2.24) is 29.7 Å². The van der Waals surface area contributed by atoms with Gasteiger partial charge in [-0.1, -0.05) is 18.5 Å². The number of nitrogens with one attached hydrogen (secondary N) is 1. The van der Waals surface area contributed by atoms with E-state index in [2.05, 4.69) is 33.8 Å². The molecule has 0 aliphatic heterocycles. The number of aromatic nitrogens is 6. The van der Waals surface area contributed by atoms with E-state index in [1.165, 1.54) is 6.33 Å². The number of halogens is 1. The van der Waals surface area contributed by atoms with E-state index in [9.17, 15) is 0 Å². The van der Waals surface area contributed by atoms with E-state index < -0.39 is 0 Å². The summed E-state index contributed by atoms with van der Waals surface area (Å²) < 4.78 is 1.87. The third-order valence-electron chi connectivity index (χ3n) is 4.27. The van der Waals surface area contributed by atoms with E-state index in [4.69, 9.17) is 22.4 Å². The molecule has 0 aliphatic carbocycles. The van der Waals surface area contributed by atoms with Crippen molar-refractivity contribution in [3.63, 3.8) is 0 Å². The van der Waals surface area contributed by atoms with Crippen molar-refractivity contribution in [2.24, 2.45) is 0 Å². The first kappa shape index (κ1) is 14.9. The van der Waals surface area contributed by atoms with Crippen LogP contribution in [0.1, 0.15) is 26.3 Å². The molecule has 1 unspecified atom stereocenters. The van der Waals surface area contributed by atoms with Crippen molar-refractivity contribution in [2.75, 3.05) is 5.73 Å². The number of aromatic amines is 1. The van der Waals surface area contributed by atoms with Gasteiger partial charge in [-0.3, -0.25) is 0 Å². The van der Waals surface area contributed by atoms with Gasteiger partial charge in [0.2, 0.25) is 0 Å². The number of hydrogen-bond donors (Lipinski definition) is 2. The number of nitrogens with two attached hydrogens (primary N) is 1. The fourth-order valence-corrected chi connectivity index (χ4v) is 3.09. The van der Waals surface area contributed by atoms with Gasteiger partial charge in [-0.25, -0.2) is 19.6 Å². The van der Waals surface area contributed by atoms with Crippen molar-refractivity contribution >= 4 is 39.5 Å². The third kappa shape index (κ3) is 2.05. The highest BCUT2D eigenvalue weighted by Gasteiger charge is 2.23. The van der Waals surface area contributed by atoms with Crippen LogP contribution < -0.4 is 5.73 Å². The zero-order valence-corrected chi connectivity index (χ0v) is 14.0. The summed E-state index contributed by atoms with van der Waals surface area (Å²) in [6.07, 6.45) is 4.09. The fourth-order valence-electron chi connectivity index (χ4n) is 2.80. The summed E-state index contributed by atoms with van der Waals surface area (Å²) in [6.45, 7) is 4.19. The molecular formula is C16H16ClN7. The van der Waals surface area contributed by atoms with Gasteiger partial charge in [0.25, 0.3) is 0 Å². The number of H-pyrrole nitrogens is 1. The minimum absolute atomic E-state index is 0.178. The molecule has 7 nitrogen and oxygen atoms in total. The molecule has 0 aromatic carbocycles. The standard InChI is InChI=1S/C16H16ClN7/c1-3-8(2)24-16-10(14(18)20-7-21-16)12(23-24)13-11(17)9-5-4-6-19-15(9)22-13/h4-8H,3H2,1-2H3,(H,19,22)(H2,18,20,21). The Morgan fingerprint density at radius 2 is 2.17 bits per heavy atom. The summed E-state index contributed by atoms with van der Waals surface area (Å²) in [5.74, 6) is 0.382. The topological polar surface area (TPSA) is 98.3 Å². The zero-order valence-electron chi connectivity index (χ0n) is 13.3. The lowest BCUT2D eigenvalue weighted by Crippen LogP contribution is -2.06. The second-order valence-corrected chi connectivity index (χ2v) is 6.10. The molecule has 0 radical (unpaired) electrons. The first-order chi connectivity index (χ1) is 11.6. The second kappa shape index (κ2) is 5.45. The number of pyridine rings is 1. The minimum atomic E-state index is 0.178. The lowest BCUT2D eigenvalue weighted by Gasteiger charge is -2.09. The number of nitrogens with zero attached hydrogens (tertiary/aromatic N) is 5. The van der Waals surface area contributed by atoms with Crippen LogP contribution in [0.5, 0.6) is 0 Å². The third-order valence-corrected chi connectivity index (χ3v) is 4.66. The molecule has 1 atom stereocenters. The second-order valence-electron chi connectivity index (χ2n) is 5.72. The average molecular weight is 342 g/mol. The van der Waals surface area contributed by atoms with Crippen molar-refractivity contribution < 1.29 is 0 Å². The molecule has 3 N–H and O–H groups in total. The normalized spacial score (nSPS) is 13.0. The predicted octanol–water partition coefficient (Wildman–Crippen LogP) is 3.58. The summed E-state index contributed by atoms with van der Waals surface area (Å²) in [6, 6.07) is 3.94. The molecule has 24 heavy (non-hydrogen) atoms. The summed E-state index contributed by atoms with van der Waals surface area (Å²) >= 11 is 6.56. The molecule has 122 valence electrons. The van der Waals surface area contributed by atoms with Crippen LogP contribution in [-0.2, 0) is 0 Å². The summed E-state index contributed by atoms with van der Waals surface area (Å²) in [5, 5.41) is 6.85. The maximum Gasteiger partial charge on any atom is 0.164 e. The molecule has 0 amide bonds. The quantitative estimate of drug-likeness (QED) is 0.593. The molecule has 8 heteroatoms. The van der Waals surface area contributed by atoms with E-state index in [0.717, 1.165) is 11.8 Å². The van der Waals surface area contributed by atoms with Crippen LogP contribution in [-0.4, -0.2) is 29.7 Å². The highest BCUT2D eigenvalue weighted by Crippen LogP contribution is 2.38. The van der Waals surface area contributed by atoms with E-state index in [-0.39, 0.29) is 6.04 Å². The molecule has 0 aliphatic rings. The van der Waals surface area contributed by atoms with Crippen LogP contribution in [0.4, 0.5) is 5.82 Å². The Balaban J connectivity index is 2.07. The van der Waals surface area contributed by atoms with Gasteiger partial charge in [0, 0.05) is 11.6 Å². The molecule has 0 bridgehead atoms. The molecule has 0 saturated carbocycles. The average Bonchev–Trinajstić information content (AvgIpc) is 3.14. The van der Waals surface area contributed by atoms with Crippen LogP contribution in [0.25, 0.3) is 33.5 Å². The SMILES string of the molecule is CCC(C)n1nc(-c2[nH]c3ncccc3c2Cl)c2c(N)ncnc21. The number of rotatable bonds is 3. The lowest BCUT2D eigenvalue weighted by atomic mass is 10.2. The molecule has 0 spiro atoms. The highest BCUT2D eigenvalue weighted by molar-refractivity contribution is 6.38. The van der Waals surface area contributed by atoms with Gasteiger partial charge in [0.05, 0.1) is 22.1 Å². The van der Waals surface area contributed by atoms with E-state index in [0.29, 0.717) is 38.9 Å². The number of hydrogen-bond acceptors (Lipinski definition) is 5. The minimum Gasteiger partial charge on any atom is -0.383 e. The Labute approximate surface area is 142 Å². The van der Waals surface area contributed by atoms with Gasteiger partial charge in [0.15, 0.2) is 5.65 Å². The fraction of sp³-hybridized carbons (Fsp3) is 0.250. The number of anilines is 1. The van der Waals surface area contributed by atoms with Crippen molar-refractivity contribution in [2.45, 2.75) is 26.3 Å². The Hall–Kier alpha value is -2.67. The molecule has 0 fully saturated rings. The zero-order chi connectivity index (χ0) is 16.8. The molecule has 0 saturated heterocycles. The van der Waals surface area contributed by atoms with E-state index in [1.807, 2.05) is 16.8 Å². The Morgan fingerprint density at radius 1 is 1.33 bits per heavy atom. The first-order valence-electron chi connectivity index (χ1n) is 7.73. The van der Waals surface area contributed by atoms with Crippen molar-refractivity contribution in [3.8, 4) is 11.4 Å². The smallest absolute Gasteiger partial charge is 0.164 e. The lowest BCUT2D eigenvalue weighted by molar-refractivity contribution is 0.491. The molecule has 4 aromatic rings. The van der Waals surface area contributed by atoms with Crippen molar-refractivity contribution in [1.29, 1.82) is 0 Å². The van der Waals surface area contributed by atoms with Crippen molar-refractivity contribution in [3.05, 3.63) is 29.7 Å². The maximum absolute atomic E-state index is 6.56. The molecule has 4 heterocycles.